The topological polar surface area (TPSA) is 49.8 Å². The van der Waals surface area contributed by atoms with Crippen LogP contribution >= 0.6 is 11.3 Å². The predicted molar refractivity (Wildman–Crippen MR) is 66.3 cm³/mol. The van der Waals surface area contributed by atoms with Gasteiger partial charge in [0.25, 0.3) is 0 Å². The molecule has 5 heteroatoms. The number of carboxylic acids is 1. The second kappa shape index (κ2) is 5.62. The maximum Gasteiger partial charge on any atom is 0.304 e. The van der Waals surface area contributed by atoms with Crippen LogP contribution in [0.1, 0.15) is 25.0 Å². The number of aliphatic carboxylic acids is 1. The zero-order valence-electron chi connectivity index (χ0n) is 9.83. The number of thiophene rings is 1. The number of morpholine rings is 1. The van der Waals surface area contributed by atoms with Crippen molar-refractivity contribution in [2.75, 3.05) is 19.6 Å². The summed E-state index contributed by atoms with van der Waals surface area (Å²) < 4.78 is 5.89. The number of carboxylic acid groups (broad SMARTS) is 1. The summed E-state index contributed by atoms with van der Waals surface area (Å²) in [6.07, 6.45) is 0.435. The molecule has 1 aliphatic heterocycles. The van der Waals surface area contributed by atoms with Gasteiger partial charge in [0.1, 0.15) is 0 Å². The van der Waals surface area contributed by atoms with Gasteiger partial charge in [0, 0.05) is 19.6 Å². The number of rotatable bonds is 4. The van der Waals surface area contributed by atoms with Crippen LogP contribution in [0.2, 0.25) is 0 Å². The van der Waals surface area contributed by atoms with Gasteiger partial charge in [0.15, 0.2) is 0 Å². The Kier molecular flexibility index (Phi) is 4.15. The fourth-order valence-corrected chi connectivity index (χ4v) is 2.82. The molecule has 1 aromatic heterocycles. The monoisotopic (exact) mass is 255 g/mol. The Morgan fingerprint density at radius 3 is 3.12 bits per heavy atom. The second-order valence-electron chi connectivity index (χ2n) is 4.40. The average molecular weight is 255 g/mol. The zero-order chi connectivity index (χ0) is 12.3. The summed E-state index contributed by atoms with van der Waals surface area (Å²) in [6.45, 7) is 4.23. The third-order valence-corrected chi connectivity index (χ3v) is 3.59. The Bertz CT molecular complexity index is 366. The van der Waals surface area contributed by atoms with E-state index in [1.165, 1.54) is 5.56 Å². The maximum atomic E-state index is 10.6. The molecule has 1 fully saturated rings. The van der Waals surface area contributed by atoms with Crippen molar-refractivity contribution in [3.8, 4) is 0 Å². The van der Waals surface area contributed by atoms with Gasteiger partial charge >= 0.3 is 5.97 Å². The van der Waals surface area contributed by atoms with Crippen LogP contribution in [0.15, 0.2) is 16.8 Å². The first kappa shape index (κ1) is 12.5. The van der Waals surface area contributed by atoms with E-state index >= 15 is 0 Å². The van der Waals surface area contributed by atoms with Crippen LogP contribution in [-0.4, -0.2) is 41.7 Å². The minimum absolute atomic E-state index is 0.0822. The van der Waals surface area contributed by atoms with Crippen molar-refractivity contribution < 1.29 is 14.6 Å². The quantitative estimate of drug-likeness (QED) is 0.894. The molecule has 0 radical (unpaired) electrons. The van der Waals surface area contributed by atoms with Gasteiger partial charge in [-0.15, -0.1) is 0 Å². The van der Waals surface area contributed by atoms with E-state index in [0.29, 0.717) is 6.54 Å². The Hall–Kier alpha value is -0.910. The molecule has 1 saturated heterocycles. The van der Waals surface area contributed by atoms with Crippen LogP contribution < -0.4 is 0 Å². The van der Waals surface area contributed by atoms with E-state index in [-0.39, 0.29) is 18.6 Å². The molecule has 1 aliphatic rings. The molecule has 0 aromatic carbocycles. The van der Waals surface area contributed by atoms with Crippen LogP contribution in [0.5, 0.6) is 0 Å². The molecule has 1 N–H and O–H groups in total. The molecule has 17 heavy (non-hydrogen) atoms. The highest BCUT2D eigenvalue weighted by Crippen LogP contribution is 2.26. The Morgan fingerprint density at radius 2 is 2.47 bits per heavy atom. The molecule has 0 amide bonds. The largest absolute Gasteiger partial charge is 0.481 e. The third-order valence-electron chi connectivity index (χ3n) is 2.89. The molecule has 2 atom stereocenters. The van der Waals surface area contributed by atoms with Crippen molar-refractivity contribution in [3.05, 3.63) is 22.4 Å². The molecule has 1 aromatic rings. The van der Waals surface area contributed by atoms with Gasteiger partial charge in [-0.05, 0) is 29.3 Å². The second-order valence-corrected chi connectivity index (χ2v) is 5.18. The van der Waals surface area contributed by atoms with Crippen LogP contribution in [0.4, 0.5) is 0 Å². The SMILES string of the molecule is CC1CN(CCC(=O)O)CC(c2ccsc2)O1. The fourth-order valence-electron chi connectivity index (χ4n) is 2.12. The molecule has 0 bridgehead atoms. The van der Waals surface area contributed by atoms with E-state index < -0.39 is 5.97 Å². The number of carbonyl (C=O) groups is 1. The molecule has 0 saturated carbocycles. The third kappa shape index (κ3) is 3.52. The molecular formula is C12H17NO3S. The Labute approximate surface area is 105 Å². The van der Waals surface area contributed by atoms with Crippen molar-refractivity contribution in [1.29, 1.82) is 0 Å². The summed E-state index contributed by atoms with van der Waals surface area (Å²) in [7, 11) is 0. The predicted octanol–water partition coefficient (Wildman–Crippen LogP) is 1.98. The number of ether oxygens (including phenoxy) is 1. The highest BCUT2D eigenvalue weighted by Gasteiger charge is 2.26. The van der Waals surface area contributed by atoms with Crippen LogP contribution in [0.25, 0.3) is 0 Å². The minimum Gasteiger partial charge on any atom is -0.481 e. The first-order valence-corrected chi connectivity index (χ1v) is 6.71. The summed E-state index contributed by atoms with van der Waals surface area (Å²) in [4.78, 5) is 12.7. The summed E-state index contributed by atoms with van der Waals surface area (Å²) >= 11 is 1.66. The lowest BCUT2D eigenvalue weighted by atomic mass is 10.1. The van der Waals surface area contributed by atoms with Gasteiger partial charge in [-0.25, -0.2) is 0 Å². The van der Waals surface area contributed by atoms with Crippen molar-refractivity contribution in [2.45, 2.75) is 25.6 Å². The molecule has 2 unspecified atom stereocenters. The van der Waals surface area contributed by atoms with E-state index in [2.05, 4.69) is 16.3 Å². The van der Waals surface area contributed by atoms with Crippen molar-refractivity contribution in [1.82, 2.24) is 4.90 Å². The van der Waals surface area contributed by atoms with E-state index in [4.69, 9.17) is 9.84 Å². The van der Waals surface area contributed by atoms with Gasteiger partial charge in [0.2, 0.25) is 0 Å². The number of nitrogens with zero attached hydrogens (tertiary/aromatic N) is 1. The van der Waals surface area contributed by atoms with E-state index in [1.54, 1.807) is 11.3 Å². The molecule has 2 rings (SSSR count). The molecule has 2 heterocycles. The summed E-state index contributed by atoms with van der Waals surface area (Å²) in [5.74, 6) is -0.740. The fraction of sp³-hybridized carbons (Fsp3) is 0.583. The van der Waals surface area contributed by atoms with Crippen molar-refractivity contribution in [3.63, 3.8) is 0 Å². The smallest absolute Gasteiger partial charge is 0.304 e. The van der Waals surface area contributed by atoms with Gasteiger partial charge in [-0.1, -0.05) is 0 Å². The lowest BCUT2D eigenvalue weighted by Crippen LogP contribution is -2.43. The number of hydrogen-bond donors (Lipinski definition) is 1. The van der Waals surface area contributed by atoms with E-state index in [0.717, 1.165) is 13.1 Å². The minimum atomic E-state index is -0.740. The Morgan fingerprint density at radius 1 is 1.65 bits per heavy atom. The van der Waals surface area contributed by atoms with E-state index in [1.807, 2.05) is 12.3 Å². The highest BCUT2D eigenvalue weighted by atomic mass is 32.1. The summed E-state index contributed by atoms with van der Waals surface area (Å²) in [6, 6.07) is 2.07. The molecule has 0 spiro atoms. The molecular weight excluding hydrogens is 238 g/mol. The first-order chi connectivity index (χ1) is 8.15. The summed E-state index contributed by atoms with van der Waals surface area (Å²) in [5, 5.41) is 12.8. The van der Waals surface area contributed by atoms with Crippen LogP contribution in [0.3, 0.4) is 0 Å². The summed E-state index contributed by atoms with van der Waals surface area (Å²) in [5.41, 5.74) is 1.20. The van der Waals surface area contributed by atoms with Crippen molar-refractivity contribution in [2.24, 2.45) is 0 Å². The van der Waals surface area contributed by atoms with Crippen LogP contribution in [-0.2, 0) is 9.53 Å². The zero-order valence-corrected chi connectivity index (χ0v) is 10.7. The molecule has 4 nitrogen and oxygen atoms in total. The van der Waals surface area contributed by atoms with Gasteiger partial charge in [0.05, 0.1) is 18.6 Å². The number of hydrogen-bond acceptors (Lipinski definition) is 4. The highest BCUT2D eigenvalue weighted by molar-refractivity contribution is 7.07. The molecule has 0 aliphatic carbocycles. The van der Waals surface area contributed by atoms with Gasteiger partial charge in [-0.2, -0.15) is 11.3 Å². The first-order valence-electron chi connectivity index (χ1n) is 5.77. The molecule has 94 valence electrons. The standard InChI is InChI=1S/C12H17NO3S/c1-9-6-13(4-2-12(14)15)7-11(16-9)10-3-5-17-8-10/h3,5,8-9,11H,2,4,6-7H2,1H3,(H,14,15). The van der Waals surface area contributed by atoms with Gasteiger partial charge < -0.3 is 9.84 Å². The lowest BCUT2D eigenvalue weighted by molar-refractivity contribution is -0.138. The van der Waals surface area contributed by atoms with Crippen LogP contribution in [0, 0.1) is 0 Å². The van der Waals surface area contributed by atoms with Gasteiger partial charge in [-0.3, -0.25) is 9.69 Å². The average Bonchev–Trinajstić information content (AvgIpc) is 2.79. The van der Waals surface area contributed by atoms with E-state index in [9.17, 15) is 4.79 Å². The van der Waals surface area contributed by atoms with Crippen molar-refractivity contribution >= 4 is 17.3 Å². The normalized spacial score (nSPS) is 25.9. The lowest BCUT2D eigenvalue weighted by Gasteiger charge is -2.36. The Balaban J connectivity index is 1.94. The maximum absolute atomic E-state index is 10.6.